The SMILES string of the molecule is COC(=O)[C@@H]1Cc2c([nH]c3ccccc23)C(CO)(CO)N1. The molecular formula is C15H18N2O4. The fourth-order valence-electron chi connectivity index (χ4n) is 3.07. The Bertz CT molecular complexity index is 675. The fraction of sp³-hybridized carbons (Fsp3) is 0.400. The molecule has 0 unspecified atom stereocenters. The van der Waals surface area contributed by atoms with Crippen LogP contribution < -0.4 is 5.32 Å². The molecule has 1 aromatic heterocycles. The van der Waals surface area contributed by atoms with Crippen LogP contribution in [-0.4, -0.2) is 47.5 Å². The highest BCUT2D eigenvalue weighted by molar-refractivity contribution is 5.87. The molecule has 0 spiro atoms. The highest BCUT2D eigenvalue weighted by Crippen LogP contribution is 2.35. The van der Waals surface area contributed by atoms with Gasteiger partial charge in [0, 0.05) is 23.0 Å². The number of aromatic amines is 1. The van der Waals surface area contributed by atoms with Crippen molar-refractivity contribution in [3.8, 4) is 0 Å². The summed E-state index contributed by atoms with van der Waals surface area (Å²) in [7, 11) is 1.33. The third-order valence-corrected chi connectivity index (χ3v) is 4.18. The zero-order valence-corrected chi connectivity index (χ0v) is 11.7. The standard InChI is InChI=1S/C15H18N2O4/c1-21-14(20)12-6-10-9-4-2-3-5-11(9)16-13(10)15(7-18,8-19)17-12/h2-5,12,16-19H,6-8H2,1H3/t12-/m0/s1. The second-order valence-electron chi connectivity index (χ2n) is 5.35. The van der Waals surface area contributed by atoms with E-state index >= 15 is 0 Å². The number of hydrogen-bond donors (Lipinski definition) is 4. The van der Waals surface area contributed by atoms with Gasteiger partial charge >= 0.3 is 5.97 Å². The second-order valence-corrected chi connectivity index (χ2v) is 5.35. The van der Waals surface area contributed by atoms with E-state index < -0.39 is 17.6 Å². The van der Waals surface area contributed by atoms with Crippen molar-refractivity contribution in [1.29, 1.82) is 0 Å². The van der Waals surface area contributed by atoms with E-state index in [-0.39, 0.29) is 13.2 Å². The quantitative estimate of drug-likeness (QED) is 0.599. The Kier molecular flexibility index (Phi) is 3.44. The number of para-hydroxylation sites is 1. The van der Waals surface area contributed by atoms with Gasteiger partial charge in [0.25, 0.3) is 0 Å². The molecule has 0 amide bonds. The lowest BCUT2D eigenvalue weighted by Gasteiger charge is -2.38. The number of carbonyl (C=O) groups excluding carboxylic acids is 1. The Balaban J connectivity index is 2.19. The maximum absolute atomic E-state index is 11.9. The Labute approximate surface area is 121 Å². The van der Waals surface area contributed by atoms with Crippen LogP contribution in [0.15, 0.2) is 24.3 Å². The summed E-state index contributed by atoms with van der Waals surface area (Å²) in [5, 5.41) is 23.6. The summed E-state index contributed by atoms with van der Waals surface area (Å²) >= 11 is 0. The molecule has 0 fully saturated rings. The van der Waals surface area contributed by atoms with Crippen molar-refractivity contribution < 1.29 is 19.7 Å². The maximum Gasteiger partial charge on any atom is 0.323 e. The van der Waals surface area contributed by atoms with Crippen LogP contribution in [0.2, 0.25) is 0 Å². The van der Waals surface area contributed by atoms with Crippen molar-refractivity contribution in [1.82, 2.24) is 10.3 Å². The molecule has 2 heterocycles. The number of methoxy groups -OCH3 is 1. The molecule has 1 aliphatic heterocycles. The van der Waals surface area contributed by atoms with Crippen molar-refractivity contribution in [2.24, 2.45) is 0 Å². The number of fused-ring (bicyclic) bond motifs is 3. The molecule has 0 bridgehead atoms. The summed E-state index contributed by atoms with van der Waals surface area (Å²) < 4.78 is 4.80. The van der Waals surface area contributed by atoms with Gasteiger partial charge in [0.2, 0.25) is 0 Å². The van der Waals surface area contributed by atoms with Gasteiger partial charge in [-0.3, -0.25) is 10.1 Å². The molecule has 0 radical (unpaired) electrons. The maximum atomic E-state index is 11.9. The molecule has 6 heteroatoms. The summed E-state index contributed by atoms with van der Waals surface area (Å²) in [5.74, 6) is -0.405. The average Bonchev–Trinajstić information content (AvgIpc) is 2.92. The van der Waals surface area contributed by atoms with E-state index in [0.29, 0.717) is 6.42 Å². The van der Waals surface area contributed by atoms with Crippen molar-refractivity contribution in [3.63, 3.8) is 0 Å². The number of aromatic nitrogens is 1. The number of esters is 1. The Hall–Kier alpha value is -1.89. The summed E-state index contributed by atoms with van der Waals surface area (Å²) in [4.78, 5) is 15.1. The Morgan fingerprint density at radius 1 is 1.38 bits per heavy atom. The summed E-state index contributed by atoms with van der Waals surface area (Å²) in [6.07, 6.45) is 0.452. The molecule has 3 rings (SSSR count). The van der Waals surface area contributed by atoms with Crippen LogP contribution in [0.5, 0.6) is 0 Å². The van der Waals surface area contributed by atoms with Gasteiger partial charge < -0.3 is 19.9 Å². The molecule has 0 saturated carbocycles. The van der Waals surface area contributed by atoms with Crippen molar-refractivity contribution in [2.75, 3.05) is 20.3 Å². The minimum Gasteiger partial charge on any atom is -0.468 e. The number of ether oxygens (including phenoxy) is 1. The van der Waals surface area contributed by atoms with E-state index in [0.717, 1.165) is 22.2 Å². The lowest BCUT2D eigenvalue weighted by molar-refractivity contribution is -0.144. The first-order valence-electron chi connectivity index (χ1n) is 6.82. The van der Waals surface area contributed by atoms with Gasteiger partial charge in [-0.25, -0.2) is 0 Å². The number of rotatable bonds is 3. The van der Waals surface area contributed by atoms with Gasteiger partial charge in [0.15, 0.2) is 0 Å². The first kappa shape index (κ1) is 14.1. The zero-order chi connectivity index (χ0) is 15.0. The number of carbonyl (C=O) groups is 1. The molecule has 0 saturated heterocycles. The molecule has 1 aliphatic rings. The number of hydrogen-bond acceptors (Lipinski definition) is 5. The van der Waals surface area contributed by atoms with Crippen LogP contribution in [0.1, 0.15) is 11.3 Å². The highest BCUT2D eigenvalue weighted by Gasteiger charge is 2.43. The zero-order valence-electron chi connectivity index (χ0n) is 11.7. The van der Waals surface area contributed by atoms with E-state index in [1.165, 1.54) is 7.11 Å². The van der Waals surface area contributed by atoms with Crippen LogP contribution in [0, 0.1) is 0 Å². The van der Waals surface area contributed by atoms with Crippen LogP contribution in [0.3, 0.4) is 0 Å². The minimum absolute atomic E-state index is 0.323. The number of nitrogens with one attached hydrogen (secondary N) is 2. The molecule has 112 valence electrons. The van der Waals surface area contributed by atoms with Crippen molar-refractivity contribution in [2.45, 2.75) is 18.0 Å². The van der Waals surface area contributed by atoms with Gasteiger partial charge in [-0.05, 0) is 11.6 Å². The molecule has 6 nitrogen and oxygen atoms in total. The van der Waals surface area contributed by atoms with E-state index in [4.69, 9.17) is 4.74 Å². The second kappa shape index (κ2) is 5.14. The van der Waals surface area contributed by atoms with Crippen LogP contribution in [-0.2, 0) is 21.5 Å². The summed E-state index contributed by atoms with van der Waals surface area (Å²) in [6.45, 7) is -0.645. The molecule has 21 heavy (non-hydrogen) atoms. The smallest absolute Gasteiger partial charge is 0.323 e. The van der Waals surface area contributed by atoms with E-state index in [9.17, 15) is 15.0 Å². The molecule has 0 aliphatic carbocycles. The molecule has 1 atom stereocenters. The molecule has 4 N–H and O–H groups in total. The monoisotopic (exact) mass is 290 g/mol. The number of aliphatic hydroxyl groups excluding tert-OH is 2. The van der Waals surface area contributed by atoms with Gasteiger partial charge in [0.1, 0.15) is 11.6 Å². The predicted octanol–water partition coefficient (Wildman–Crippen LogP) is 0.0351. The summed E-state index contributed by atoms with van der Waals surface area (Å²) in [6, 6.07) is 7.13. The number of aliphatic hydroxyl groups is 2. The van der Waals surface area contributed by atoms with Crippen LogP contribution >= 0.6 is 0 Å². The highest BCUT2D eigenvalue weighted by atomic mass is 16.5. The number of benzene rings is 1. The van der Waals surface area contributed by atoms with Crippen molar-refractivity contribution >= 4 is 16.9 Å². The van der Waals surface area contributed by atoms with E-state index in [1.807, 2.05) is 24.3 Å². The predicted molar refractivity (Wildman–Crippen MR) is 76.8 cm³/mol. The molecule has 2 aromatic rings. The van der Waals surface area contributed by atoms with E-state index in [1.54, 1.807) is 0 Å². The lowest BCUT2D eigenvalue weighted by atomic mass is 9.85. The third-order valence-electron chi connectivity index (χ3n) is 4.18. The normalized spacial score (nSPS) is 20.2. The molecular weight excluding hydrogens is 272 g/mol. The Morgan fingerprint density at radius 2 is 2.10 bits per heavy atom. The topological polar surface area (TPSA) is 94.6 Å². The van der Waals surface area contributed by atoms with Crippen LogP contribution in [0.4, 0.5) is 0 Å². The first-order chi connectivity index (χ1) is 10.1. The van der Waals surface area contributed by atoms with Gasteiger partial charge in [0.05, 0.1) is 20.3 Å². The van der Waals surface area contributed by atoms with E-state index in [2.05, 4.69) is 10.3 Å². The largest absolute Gasteiger partial charge is 0.468 e. The van der Waals surface area contributed by atoms with Gasteiger partial charge in [-0.1, -0.05) is 18.2 Å². The first-order valence-corrected chi connectivity index (χ1v) is 6.82. The molecule has 1 aromatic carbocycles. The summed E-state index contributed by atoms with van der Waals surface area (Å²) in [5.41, 5.74) is 1.50. The van der Waals surface area contributed by atoms with Gasteiger partial charge in [-0.15, -0.1) is 0 Å². The van der Waals surface area contributed by atoms with Crippen LogP contribution in [0.25, 0.3) is 10.9 Å². The van der Waals surface area contributed by atoms with Crippen molar-refractivity contribution in [3.05, 3.63) is 35.5 Å². The Morgan fingerprint density at radius 3 is 2.76 bits per heavy atom. The van der Waals surface area contributed by atoms with Gasteiger partial charge in [-0.2, -0.15) is 0 Å². The fourth-order valence-corrected chi connectivity index (χ4v) is 3.07. The third kappa shape index (κ3) is 2.03. The minimum atomic E-state index is -1.08. The lowest BCUT2D eigenvalue weighted by Crippen LogP contribution is -2.59. The number of H-pyrrole nitrogens is 1. The average molecular weight is 290 g/mol.